The summed E-state index contributed by atoms with van der Waals surface area (Å²) < 4.78 is 2.00. The fourth-order valence-corrected chi connectivity index (χ4v) is 2.29. The Hall–Kier alpha value is -0.900. The summed E-state index contributed by atoms with van der Waals surface area (Å²) in [7, 11) is 0. The van der Waals surface area contributed by atoms with Gasteiger partial charge in [0.15, 0.2) is 0 Å². The maximum Gasteiger partial charge on any atom is 0.138 e. The van der Waals surface area contributed by atoms with Gasteiger partial charge in [-0.3, -0.25) is 0 Å². The first-order valence-corrected chi connectivity index (χ1v) is 7.75. The summed E-state index contributed by atoms with van der Waals surface area (Å²) in [4.78, 5) is 4.34. The lowest BCUT2D eigenvalue weighted by Crippen LogP contribution is -2.25. The van der Waals surface area contributed by atoms with Crippen LogP contribution in [-0.2, 0) is 13.0 Å². The largest absolute Gasteiger partial charge is 0.327 e. The third kappa shape index (κ3) is 6.71. The van der Waals surface area contributed by atoms with Gasteiger partial charge in [-0.05, 0) is 12.3 Å². The van der Waals surface area contributed by atoms with E-state index >= 15 is 0 Å². The van der Waals surface area contributed by atoms with Gasteiger partial charge in [-0.1, -0.05) is 52.9 Å². The van der Waals surface area contributed by atoms with Gasteiger partial charge in [0.1, 0.15) is 12.2 Å². The van der Waals surface area contributed by atoms with Gasteiger partial charge in [0, 0.05) is 19.0 Å². The lowest BCUT2D eigenvalue weighted by atomic mass is 10.0. The number of aromatic nitrogens is 3. The quantitative estimate of drug-likeness (QED) is 0.662. The van der Waals surface area contributed by atoms with Gasteiger partial charge in [0.05, 0.1) is 0 Å². The number of nitrogens with zero attached hydrogens (tertiary/aromatic N) is 3. The van der Waals surface area contributed by atoms with Gasteiger partial charge < -0.3 is 5.73 Å². The molecule has 0 aliphatic carbocycles. The summed E-state index contributed by atoms with van der Waals surface area (Å²) in [5.41, 5.74) is 6.20. The highest BCUT2D eigenvalue weighted by atomic mass is 15.3. The summed E-state index contributed by atoms with van der Waals surface area (Å²) in [5.74, 6) is 1.63. The van der Waals surface area contributed by atoms with Crippen molar-refractivity contribution in [2.45, 2.75) is 78.3 Å². The molecule has 0 fully saturated rings. The molecule has 0 saturated carbocycles. The number of hydrogen-bond acceptors (Lipinski definition) is 3. The van der Waals surface area contributed by atoms with Crippen molar-refractivity contribution < 1.29 is 0 Å². The van der Waals surface area contributed by atoms with E-state index in [9.17, 15) is 0 Å². The van der Waals surface area contributed by atoms with Crippen LogP contribution in [0.3, 0.4) is 0 Å². The molecule has 4 heteroatoms. The molecule has 1 aromatic heterocycles. The first-order chi connectivity index (χ1) is 9.13. The SMILES string of the molecule is CCCCCCCC(N)Cc1ncnn1CC(C)C. The van der Waals surface area contributed by atoms with Crippen molar-refractivity contribution in [1.29, 1.82) is 0 Å². The minimum Gasteiger partial charge on any atom is -0.327 e. The second-order valence-electron chi connectivity index (χ2n) is 5.92. The van der Waals surface area contributed by atoms with Gasteiger partial charge in [-0.2, -0.15) is 5.10 Å². The second kappa shape index (κ2) is 9.08. The smallest absolute Gasteiger partial charge is 0.138 e. The molecule has 1 unspecified atom stereocenters. The molecular formula is C15H30N4. The van der Waals surface area contributed by atoms with Crippen LogP contribution in [0.5, 0.6) is 0 Å². The molecule has 110 valence electrons. The molecular weight excluding hydrogens is 236 g/mol. The summed E-state index contributed by atoms with van der Waals surface area (Å²) in [6.45, 7) is 7.56. The van der Waals surface area contributed by atoms with Gasteiger partial charge in [0.25, 0.3) is 0 Å². The van der Waals surface area contributed by atoms with Crippen LogP contribution in [0.1, 0.15) is 65.1 Å². The van der Waals surface area contributed by atoms with E-state index in [0.29, 0.717) is 5.92 Å². The van der Waals surface area contributed by atoms with E-state index in [1.165, 1.54) is 32.1 Å². The Balaban J connectivity index is 2.27. The van der Waals surface area contributed by atoms with Gasteiger partial charge in [0.2, 0.25) is 0 Å². The van der Waals surface area contributed by atoms with Crippen LogP contribution in [-0.4, -0.2) is 20.8 Å². The molecule has 0 spiro atoms. The minimum absolute atomic E-state index is 0.219. The lowest BCUT2D eigenvalue weighted by molar-refractivity contribution is 0.450. The summed E-state index contributed by atoms with van der Waals surface area (Å²) in [6, 6.07) is 0.219. The molecule has 19 heavy (non-hydrogen) atoms. The highest BCUT2D eigenvalue weighted by Crippen LogP contribution is 2.10. The molecule has 1 heterocycles. The molecule has 4 nitrogen and oxygen atoms in total. The molecule has 0 radical (unpaired) electrons. The molecule has 0 bridgehead atoms. The number of hydrogen-bond donors (Lipinski definition) is 1. The first kappa shape index (κ1) is 16.2. The minimum atomic E-state index is 0.219. The maximum absolute atomic E-state index is 6.20. The highest BCUT2D eigenvalue weighted by molar-refractivity contribution is 4.89. The molecule has 0 amide bonds. The third-order valence-electron chi connectivity index (χ3n) is 3.36. The van der Waals surface area contributed by atoms with E-state index in [2.05, 4.69) is 30.9 Å². The summed E-state index contributed by atoms with van der Waals surface area (Å²) >= 11 is 0. The van der Waals surface area contributed by atoms with Crippen LogP contribution in [0.4, 0.5) is 0 Å². The Morgan fingerprint density at radius 3 is 2.63 bits per heavy atom. The summed E-state index contributed by atoms with van der Waals surface area (Å²) in [5, 5.41) is 4.28. The number of rotatable bonds is 10. The van der Waals surface area contributed by atoms with Gasteiger partial charge in [-0.15, -0.1) is 0 Å². The number of unbranched alkanes of at least 4 members (excludes halogenated alkanes) is 4. The van der Waals surface area contributed by atoms with Crippen LogP contribution >= 0.6 is 0 Å². The molecule has 0 aliphatic rings. The Bertz CT molecular complexity index is 333. The normalized spacial score (nSPS) is 13.1. The zero-order chi connectivity index (χ0) is 14.1. The van der Waals surface area contributed by atoms with Crippen molar-refractivity contribution in [3.8, 4) is 0 Å². The molecule has 0 aromatic carbocycles. The first-order valence-electron chi connectivity index (χ1n) is 7.75. The average molecular weight is 266 g/mol. The average Bonchev–Trinajstić information content (AvgIpc) is 2.75. The van der Waals surface area contributed by atoms with Crippen molar-refractivity contribution in [3.63, 3.8) is 0 Å². The van der Waals surface area contributed by atoms with Crippen LogP contribution in [0.25, 0.3) is 0 Å². The zero-order valence-electron chi connectivity index (χ0n) is 12.8. The van der Waals surface area contributed by atoms with E-state index in [0.717, 1.165) is 25.2 Å². The standard InChI is InChI=1S/C15H30N4/c1-4-5-6-7-8-9-14(16)10-15-17-12-18-19(15)11-13(2)3/h12-14H,4-11,16H2,1-3H3. The van der Waals surface area contributed by atoms with Crippen LogP contribution < -0.4 is 5.73 Å². The topological polar surface area (TPSA) is 56.7 Å². The fraction of sp³-hybridized carbons (Fsp3) is 0.867. The molecule has 0 aliphatic heterocycles. The Morgan fingerprint density at radius 1 is 1.21 bits per heavy atom. The second-order valence-corrected chi connectivity index (χ2v) is 5.92. The van der Waals surface area contributed by atoms with Crippen molar-refractivity contribution in [3.05, 3.63) is 12.2 Å². The Labute approximate surface area is 117 Å². The van der Waals surface area contributed by atoms with Crippen LogP contribution in [0, 0.1) is 5.92 Å². The Morgan fingerprint density at radius 2 is 1.95 bits per heavy atom. The van der Waals surface area contributed by atoms with E-state index in [1.54, 1.807) is 6.33 Å². The molecule has 1 rings (SSSR count). The van der Waals surface area contributed by atoms with Crippen molar-refractivity contribution >= 4 is 0 Å². The zero-order valence-corrected chi connectivity index (χ0v) is 12.8. The third-order valence-corrected chi connectivity index (χ3v) is 3.36. The summed E-state index contributed by atoms with van der Waals surface area (Å²) in [6.07, 6.45) is 10.1. The highest BCUT2D eigenvalue weighted by Gasteiger charge is 2.10. The Kier molecular flexibility index (Phi) is 7.72. The van der Waals surface area contributed by atoms with Gasteiger partial charge in [-0.25, -0.2) is 9.67 Å². The molecule has 2 N–H and O–H groups in total. The molecule has 1 atom stereocenters. The monoisotopic (exact) mass is 266 g/mol. The van der Waals surface area contributed by atoms with E-state index in [-0.39, 0.29) is 6.04 Å². The van der Waals surface area contributed by atoms with E-state index < -0.39 is 0 Å². The van der Waals surface area contributed by atoms with Crippen LogP contribution in [0.15, 0.2) is 6.33 Å². The van der Waals surface area contributed by atoms with Crippen molar-refractivity contribution in [2.75, 3.05) is 0 Å². The van der Waals surface area contributed by atoms with Gasteiger partial charge >= 0.3 is 0 Å². The predicted molar refractivity (Wildman–Crippen MR) is 79.9 cm³/mol. The maximum atomic E-state index is 6.20. The molecule has 1 aromatic rings. The predicted octanol–water partition coefficient (Wildman–Crippen LogP) is 3.16. The fourth-order valence-electron chi connectivity index (χ4n) is 2.29. The lowest BCUT2D eigenvalue weighted by Gasteiger charge is -2.13. The van der Waals surface area contributed by atoms with E-state index in [1.807, 2.05) is 4.68 Å². The van der Waals surface area contributed by atoms with Crippen LogP contribution in [0.2, 0.25) is 0 Å². The van der Waals surface area contributed by atoms with Crippen molar-refractivity contribution in [1.82, 2.24) is 14.8 Å². The number of nitrogens with two attached hydrogens (primary N) is 1. The molecule has 0 saturated heterocycles. The van der Waals surface area contributed by atoms with E-state index in [4.69, 9.17) is 5.73 Å². The van der Waals surface area contributed by atoms with Crippen molar-refractivity contribution in [2.24, 2.45) is 11.7 Å².